The molecule has 114 valence electrons. The highest BCUT2D eigenvalue weighted by molar-refractivity contribution is 5.99. The second kappa shape index (κ2) is 6.47. The van der Waals surface area contributed by atoms with Crippen LogP contribution >= 0.6 is 0 Å². The molecular weight excluding hydrogens is 281 g/mol. The molecular formula is C17H18FN3O. The molecule has 22 heavy (non-hydrogen) atoms. The van der Waals surface area contributed by atoms with E-state index in [-0.39, 0.29) is 5.82 Å². The number of nitrogens with one attached hydrogen (secondary N) is 2. The normalized spacial score (nSPS) is 14.0. The molecule has 1 aliphatic rings. The van der Waals surface area contributed by atoms with Crippen LogP contribution in [0.25, 0.3) is 0 Å². The summed E-state index contributed by atoms with van der Waals surface area (Å²) < 4.78 is 19.4. The molecule has 0 saturated carbocycles. The molecule has 4 nitrogen and oxygen atoms in total. The molecule has 0 aliphatic carbocycles. The number of methoxy groups -OCH3 is 1. The highest BCUT2D eigenvalue weighted by Gasteiger charge is 2.10. The van der Waals surface area contributed by atoms with Crippen LogP contribution < -0.4 is 15.4 Å². The van der Waals surface area contributed by atoms with Gasteiger partial charge in [0.25, 0.3) is 0 Å². The van der Waals surface area contributed by atoms with E-state index in [1.54, 1.807) is 13.2 Å². The van der Waals surface area contributed by atoms with E-state index in [0.29, 0.717) is 5.69 Å². The van der Waals surface area contributed by atoms with Crippen LogP contribution in [0.1, 0.15) is 12.0 Å². The molecule has 0 unspecified atom stereocenters. The molecule has 0 aromatic heterocycles. The molecule has 0 fully saturated rings. The number of halogens is 1. The van der Waals surface area contributed by atoms with Gasteiger partial charge in [0.2, 0.25) is 0 Å². The van der Waals surface area contributed by atoms with Crippen molar-refractivity contribution in [3.63, 3.8) is 0 Å². The van der Waals surface area contributed by atoms with Crippen molar-refractivity contribution < 1.29 is 9.13 Å². The summed E-state index contributed by atoms with van der Waals surface area (Å²) in [5, 5.41) is 6.26. The minimum atomic E-state index is -0.302. The lowest BCUT2D eigenvalue weighted by Gasteiger charge is -2.15. The number of ether oxygens (including phenoxy) is 1. The Kier molecular flexibility index (Phi) is 4.23. The summed E-state index contributed by atoms with van der Waals surface area (Å²) >= 11 is 0. The van der Waals surface area contributed by atoms with Gasteiger partial charge in [-0.15, -0.1) is 0 Å². The van der Waals surface area contributed by atoms with Gasteiger partial charge in [0.1, 0.15) is 17.4 Å². The first kappa shape index (κ1) is 14.4. The van der Waals surface area contributed by atoms with Crippen molar-refractivity contribution in [2.75, 3.05) is 25.5 Å². The van der Waals surface area contributed by atoms with Crippen molar-refractivity contribution in [1.29, 1.82) is 0 Å². The monoisotopic (exact) mass is 299 g/mol. The van der Waals surface area contributed by atoms with Gasteiger partial charge >= 0.3 is 0 Å². The standard InChI is InChI=1S/C17H18FN3O/c1-22-14-6-4-13(5-7-14)21-16-8-3-12(11-15(16)18)17-19-9-2-10-20-17/h3-8,11,21H,2,9-10H2,1H3,(H,19,20). The van der Waals surface area contributed by atoms with E-state index >= 15 is 0 Å². The van der Waals surface area contributed by atoms with Crippen LogP contribution in [0.15, 0.2) is 47.5 Å². The number of aliphatic imine (C=N–C) groups is 1. The Balaban J connectivity index is 1.78. The van der Waals surface area contributed by atoms with Crippen molar-refractivity contribution in [3.8, 4) is 5.75 Å². The predicted octanol–water partition coefficient (Wildman–Crippen LogP) is 3.32. The summed E-state index contributed by atoms with van der Waals surface area (Å²) in [6.45, 7) is 1.67. The lowest BCUT2D eigenvalue weighted by atomic mass is 10.1. The van der Waals surface area contributed by atoms with Gasteiger partial charge in [-0.25, -0.2) is 4.39 Å². The maximum Gasteiger partial charge on any atom is 0.147 e. The zero-order chi connectivity index (χ0) is 15.4. The Morgan fingerprint density at radius 2 is 2.00 bits per heavy atom. The number of nitrogens with zero attached hydrogens (tertiary/aromatic N) is 1. The average Bonchev–Trinajstić information content (AvgIpc) is 2.58. The van der Waals surface area contributed by atoms with E-state index in [1.165, 1.54) is 6.07 Å². The summed E-state index contributed by atoms with van der Waals surface area (Å²) in [5.74, 6) is 1.23. The second-order valence-corrected chi connectivity index (χ2v) is 5.06. The van der Waals surface area contributed by atoms with Crippen molar-refractivity contribution in [2.24, 2.45) is 4.99 Å². The number of rotatable bonds is 4. The molecule has 0 radical (unpaired) electrons. The number of benzene rings is 2. The van der Waals surface area contributed by atoms with E-state index in [9.17, 15) is 4.39 Å². The fraction of sp³-hybridized carbons (Fsp3) is 0.235. The molecule has 3 rings (SSSR count). The van der Waals surface area contributed by atoms with Crippen LogP contribution in [0.4, 0.5) is 15.8 Å². The van der Waals surface area contributed by atoms with Gasteiger partial charge < -0.3 is 15.4 Å². The largest absolute Gasteiger partial charge is 0.497 e. The Hall–Kier alpha value is -2.56. The number of anilines is 2. The van der Waals surface area contributed by atoms with Crippen molar-refractivity contribution in [3.05, 3.63) is 53.8 Å². The van der Waals surface area contributed by atoms with E-state index in [1.807, 2.05) is 30.3 Å². The predicted molar refractivity (Wildman–Crippen MR) is 86.7 cm³/mol. The van der Waals surface area contributed by atoms with Crippen molar-refractivity contribution in [2.45, 2.75) is 6.42 Å². The molecule has 5 heteroatoms. The third-order valence-electron chi connectivity index (χ3n) is 3.51. The summed E-state index contributed by atoms with van der Waals surface area (Å²) in [6.07, 6.45) is 1.02. The molecule has 1 heterocycles. The summed E-state index contributed by atoms with van der Waals surface area (Å²) in [7, 11) is 1.61. The first-order valence-corrected chi connectivity index (χ1v) is 7.25. The van der Waals surface area contributed by atoms with Crippen LogP contribution in [-0.2, 0) is 0 Å². The number of hydrogen-bond donors (Lipinski definition) is 2. The molecule has 0 atom stereocenters. The van der Waals surface area contributed by atoms with Gasteiger partial charge in [0.05, 0.1) is 12.8 Å². The quantitative estimate of drug-likeness (QED) is 0.910. The van der Waals surface area contributed by atoms with Crippen LogP contribution in [0.5, 0.6) is 5.75 Å². The van der Waals surface area contributed by atoms with E-state index in [0.717, 1.165) is 42.3 Å². The molecule has 2 N–H and O–H groups in total. The summed E-state index contributed by atoms with van der Waals surface area (Å²) in [5.41, 5.74) is 2.02. The molecule has 1 aliphatic heterocycles. The molecule has 2 aromatic rings. The maximum atomic E-state index is 14.3. The lowest BCUT2D eigenvalue weighted by molar-refractivity contribution is 0.415. The maximum absolute atomic E-state index is 14.3. The number of hydrogen-bond acceptors (Lipinski definition) is 4. The van der Waals surface area contributed by atoms with Gasteiger partial charge in [-0.1, -0.05) is 0 Å². The van der Waals surface area contributed by atoms with Crippen LogP contribution in [0, 0.1) is 5.82 Å². The van der Waals surface area contributed by atoms with Gasteiger partial charge in [-0.3, -0.25) is 4.99 Å². The minimum absolute atomic E-state index is 0.302. The molecule has 0 amide bonds. The average molecular weight is 299 g/mol. The molecule has 0 spiro atoms. The fourth-order valence-corrected chi connectivity index (χ4v) is 2.32. The van der Waals surface area contributed by atoms with Gasteiger partial charge in [0.15, 0.2) is 0 Å². The Labute approximate surface area is 129 Å². The highest BCUT2D eigenvalue weighted by Crippen LogP contribution is 2.23. The molecule has 2 aromatic carbocycles. The number of amidine groups is 1. The van der Waals surface area contributed by atoms with E-state index in [2.05, 4.69) is 15.6 Å². The van der Waals surface area contributed by atoms with Gasteiger partial charge in [0, 0.05) is 24.3 Å². The second-order valence-electron chi connectivity index (χ2n) is 5.06. The van der Waals surface area contributed by atoms with Crippen molar-refractivity contribution >= 4 is 17.2 Å². The zero-order valence-electron chi connectivity index (χ0n) is 12.4. The molecule has 0 bridgehead atoms. The Morgan fingerprint density at radius 1 is 1.18 bits per heavy atom. The molecule has 0 saturated heterocycles. The Bertz CT molecular complexity index is 683. The van der Waals surface area contributed by atoms with Gasteiger partial charge in [-0.05, 0) is 48.9 Å². The summed E-state index contributed by atoms with van der Waals surface area (Å²) in [6, 6.07) is 12.4. The Morgan fingerprint density at radius 3 is 2.64 bits per heavy atom. The van der Waals surface area contributed by atoms with Gasteiger partial charge in [-0.2, -0.15) is 0 Å². The van der Waals surface area contributed by atoms with E-state index in [4.69, 9.17) is 4.74 Å². The van der Waals surface area contributed by atoms with Crippen LogP contribution in [0.3, 0.4) is 0 Å². The van der Waals surface area contributed by atoms with Crippen LogP contribution in [0.2, 0.25) is 0 Å². The van der Waals surface area contributed by atoms with E-state index < -0.39 is 0 Å². The van der Waals surface area contributed by atoms with Crippen molar-refractivity contribution in [1.82, 2.24) is 5.32 Å². The third kappa shape index (κ3) is 3.19. The SMILES string of the molecule is COc1ccc(Nc2ccc(C3=NCCCN3)cc2F)cc1. The zero-order valence-corrected chi connectivity index (χ0v) is 12.4. The minimum Gasteiger partial charge on any atom is -0.497 e. The third-order valence-corrected chi connectivity index (χ3v) is 3.51. The smallest absolute Gasteiger partial charge is 0.147 e. The first-order valence-electron chi connectivity index (χ1n) is 7.25. The first-order chi connectivity index (χ1) is 10.8. The lowest BCUT2D eigenvalue weighted by Crippen LogP contribution is -2.30. The summed E-state index contributed by atoms with van der Waals surface area (Å²) in [4.78, 5) is 4.38. The van der Waals surface area contributed by atoms with Crippen LogP contribution in [-0.4, -0.2) is 26.0 Å². The highest BCUT2D eigenvalue weighted by atomic mass is 19.1. The fourth-order valence-electron chi connectivity index (χ4n) is 2.32. The topological polar surface area (TPSA) is 45.6 Å².